The van der Waals surface area contributed by atoms with Gasteiger partial charge in [-0.2, -0.15) is 0 Å². The van der Waals surface area contributed by atoms with Crippen LogP contribution in [0.4, 0.5) is 0 Å². The van der Waals surface area contributed by atoms with Gasteiger partial charge in [-0.25, -0.2) is 0 Å². The van der Waals surface area contributed by atoms with Crippen molar-refractivity contribution in [1.29, 1.82) is 0 Å². The largest absolute Gasteiger partial charge is 0.496 e. The van der Waals surface area contributed by atoms with Gasteiger partial charge in [-0.05, 0) is 48.1 Å². The Morgan fingerprint density at radius 1 is 1.00 bits per heavy atom. The average Bonchev–Trinajstić information content (AvgIpc) is 2.53. The molecule has 0 amide bonds. The van der Waals surface area contributed by atoms with E-state index in [1.807, 2.05) is 19.9 Å². The molecule has 0 N–H and O–H groups in total. The fourth-order valence-corrected chi connectivity index (χ4v) is 2.65. The highest BCUT2D eigenvalue weighted by Gasteiger charge is 2.07. The third-order valence-electron chi connectivity index (χ3n) is 3.39. The van der Waals surface area contributed by atoms with Crippen LogP contribution in [0.25, 0.3) is 0 Å². The highest BCUT2D eigenvalue weighted by atomic mass is 79.9. The van der Waals surface area contributed by atoms with Crippen LogP contribution in [0.2, 0.25) is 0 Å². The molecule has 2 rings (SSSR count). The zero-order chi connectivity index (χ0) is 15.8. The van der Waals surface area contributed by atoms with Crippen molar-refractivity contribution in [3.05, 3.63) is 63.1 Å². The molecule has 0 spiro atoms. The standard InChI is InChI=1S/C17H19BrO.C2H6/c1-4-13-5-7-14(8-6-13)10-15-9-12(2)17(19-3)11-16(15)18;1-2/h5-9,11H,4,10H2,1-3H3;1-2H3. The number of hydrogen-bond acceptors (Lipinski definition) is 1. The maximum Gasteiger partial charge on any atom is 0.122 e. The van der Waals surface area contributed by atoms with Crippen molar-refractivity contribution in [3.8, 4) is 5.75 Å². The van der Waals surface area contributed by atoms with Crippen LogP contribution in [0.5, 0.6) is 5.75 Å². The minimum Gasteiger partial charge on any atom is -0.496 e. The van der Waals surface area contributed by atoms with Crippen LogP contribution >= 0.6 is 15.9 Å². The quantitative estimate of drug-likeness (QED) is 0.663. The van der Waals surface area contributed by atoms with Crippen molar-refractivity contribution in [2.24, 2.45) is 0 Å². The molecule has 0 saturated carbocycles. The summed E-state index contributed by atoms with van der Waals surface area (Å²) in [5.41, 5.74) is 5.18. The lowest BCUT2D eigenvalue weighted by Gasteiger charge is -2.10. The minimum absolute atomic E-state index is 0.928. The van der Waals surface area contributed by atoms with E-state index in [4.69, 9.17) is 4.74 Å². The zero-order valence-corrected chi connectivity index (χ0v) is 15.3. The molecule has 114 valence electrons. The molecular formula is C19H25BrO. The van der Waals surface area contributed by atoms with E-state index in [0.29, 0.717) is 0 Å². The van der Waals surface area contributed by atoms with E-state index in [9.17, 15) is 0 Å². The lowest BCUT2D eigenvalue weighted by atomic mass is 10.0. The molecule has 2 heteroatoms. The van der Waals surface area contributed by atoms with Gasteiger partial charge in [-0.3, -0.25) is 0 Å². The van der Waals surface area contributed by atoms with Gasteiger partial charge >= 0.3 is 0 Å². The number of hydrogen-bond donors (Lipinski definition) is 0. The molecular weight excluding hydrogens is 324 g/mol. The summed E-state index contributed by atoms with van der Waals surface area (Å²) < 4.78 is 6.44. The summed E-state index contributed by atoms with van der Waals surface area (Å²) in [6.07, 6.45) is 2.03. The van der Waals surface area contributed by atoms with Gasteiger partial charge in [0, 0.05) is 4.47 Å². The zero-order valence-electron chi connectivity index (χ0n) is 13.7. The molecule has 0 aliphatic heterocycles. The van der Waals surface area contributed by atoms with E-state index < -0.39 is 0 Å². The first-order valence-corrected chi connectivity index (χ1v) is 8.34. The van der Waals surface area contributed by atoms with E-state index in [0.717, 1.165) is 23.1 Å². The summed E-state index contributed by atoms with van der Waals surface area (Å²) in [6.45, 7) is 8.26. The van der Waals surface area contributed by atoms with Gasteiger partial charge in [0.25, 0.3) is 0 Å². The van der Waals surface area contributed by atoms with E-state index in [1.54, 1.807) is 7.11 Å². The van der Waals surface area contributed by atoms with E-state index in [2.05, 4.69) is 60.1 Å². The Labute approximate surface area is 137 Å². The van der Waals surface area contributed by atoms with E-state index in [1.165, 1.54) is 22.3 Å². The summed E-state index contributed by atoms with van der Waals surface area (Å²) in [7, 11) is 1.71. The lowest BCUT2D eigenvalue weighted by Crippen LogP contribution is -1.94. The lowest BCUT2D eigenvalue weighted by molar-refractivity contribution is 0.411. The first kappa shape index (κ1) is 17.8. The third-order valence-corrected chi connectivity index (χ3v) is 4.13. The summed E-state index contributed by atoms with van der Waals surface area (Å²) in [5.74, 6) is 0.928. The number of methoxy groups -OCH3 is 1. The molecule has 2 aromatic carbocycles. The molecule has 0 heterocycles. The van der Waals surface area contributed by atoms with Crippen molar-refractivity contribution >= 4 is 15.9 Å². The molecule has 0 aliphatic carbocycles. The van der Waals surface area contributed by atoms with Crippen molar-refractivity contribution in [2.45, 2.75) is 40.5 Å². The number of aryl methyl sites for hydroxylation is 2. The molecule has 21 heavy (non-hydrogen) atoms. The Bertz CT molecular complexity index is 559. The molecule has 0 aromatic heterocycles. The van der Waals surface area contributed by atoms with Gasteiger partial charge in [0.2, 0.25) is 0 Å². The van der Waals surface area contributed by atoms with Gasteiger partial charge < -0.3 is 4.74 Å². The average molecular weight is 349 g/mol. The molecule has 0 atom stereocenters. The van der Waals surface area contributed by atoms with Crippen LogP contribution in [0.1, 0.15) is 43.0 Å². The summed E-state index contributed by atoms with van der Waals surface area (Å²) in [4.78, 5) is 0. The molecule has 0 radical (unpaired) electrons. The van der Waals surface area contributed by atoms with Crippen LogP contribution in [0, 0.1) is 6.92 Å². The topological polar surface area (TPSA) is 9.23 Å². The molecule has 0 aliphatic rings. The first-order chi connectivity index (χ1) is 10.1. The minimum atomic E-state index is 0.928. The highest BCUT2D eigenvalue weighted by Crippen LogP contribution is 2.28. The van der Waals surface area contributed by atoms with Gasteiger partial charge in [-0.15, -0.1) is 0 Å². The predicted molar refractivity (Wildman–Crippen MR) is 95.4 cm³/mol. The van der Waals surface area contributed by atoms with Gasteiger partial charge in [-0.1, -0.05) is 67.0 Å². The van der Waals surface area contributed by atoms with Crippen LogP contribution in [-0.4, -0.2) is 7.11 Å². The van der Waals surface area contributed by atoms with Crippen molar-refractivity contribution in [2.75, 3.05) is 7.11 Å². The normalized spacial score (nSPS) is 9.81. The monoisotopic (exact) mass is 348 g/mol. The Kier molecular flexibility index (Phi) is 7.52. The second kappa shape index (κ2) is 8.89. The van der Waals surface area contributed by atoms with Crippen molar-refractivity contribution in [1.82, 2.24) is 0 Å². The van der Waals surface area contributed by atoms with Crippen LogP contribution in [0.15, 0.2) is 40.9 Å². The number of halogens is 1. The molecule has 0 fully saturated rings. The second-order valence-corrected chi connectivity index (χ2v) is 5.61. The Morgan fingerprint density at radius 3 is 2.10 bits per heavy atom. The fourth-order valence-electron chi connectivity index (χ4n) is 2.19. The van der Waals surface area contributed by atoms with Crippen molar-refractivity contribution < 1.29 is 4.74 Å². The molecule has 0 unspecified atom stereocenters. The predicted octanol–water partition coefficient (Wildman–Crippen LogP) is 5.95. The van der Waals surface area contributed by atoms with Crippen LogP contribution in [0.3, 0.4) is 0 Å². The molecule has 1 nitrogen and oxygen atoms in total. The van der Waals surface area contributed by atoms with E-state index in [-0.39, 0.29) is 0 Å². The van der Waals surface area contributed by atoms with Crippen LogP contribution in [-0.2, 0) is 12.8 Å². The SMILES string of the molecule is CC.CCc1ccc(Cc2cc(C)c(OC)cc2Br)cc1. The maximum atomic E-state index is 5.33. The summed E-state index contributed by atoms with van der Waals surface area (Å²) >= 11 is 3.63. The van der Waals surface area contributed by atoms with Crippen molar-refractivity contribution in [3.63, 3.8) is 0 Å². The summed E-state index contributed by atoms with van der Waals surface area (Å²) in [5, 5.41) is 0. The molecule has 0 bridgehead atoms. The fraction of sp³-hybridized carbons (Fsp3) is 0.368. The highest BCUT2D eigenvalue weighted by molar-refractivity contribution is 9.10. The Morgan fingerprint density at radius 2 is 1.57 bits per heavy atom. The smallest absolute Gasteiger partial charge is 0.122 e. The molecule has 2 aromatic rings. The van der Waals surface area contributed by atoms with E-state index >= 15 is 0 Å². The Hall–Kier alpha value is -1.28. The third kappa shape index (κ3) is 4.89. The maximum absolute atomic E-state index is 5.33. The number of rotatable bonds is 4. The number of benzene rings is 2. The van der Waals surface area contributed by atoms with Gasteiger partial charge in [0.05, 0.1) is 7.11 Å². The molecule has 0 saturated heterocycles. The second-order valence-electron chi connectivity index (χ2n) is 4.76. The Balaban J connectivity index is 0.00000106. The summed E-state index contributed by atoms with van der Waals surface area (Å²) in [6, 6.07) is 13.1. The van der Waals surface area contributed by atoms with Crippen LogP contribution < -0.4 is 4.74 Å². The van der Waals surface area contributed by atoms with Gasteiger partial charge in [0.15, 0.2) is 0 Å². The van der Waals surface area contributed by atoms with Gasteiger partial charge in [0.1, 0.15) is 5.75 Å². The number of ether oxygens (including phenoxy) is 1. The first-order valence-electron chi connectivity index (χ1n) is 7.55.